The van der Waals surface area contributed by atoms with E-state index in [-0.39, 0.29) is 12.3 Å². The van der Waals surface area contributed by atoms with Gasteiger partial charge in [0.05, 0.1) is 23.4 Å². The lowest BCUT2D eigenvalue weighted by Gasteiger charge is -2.17. The van der Waals surface area contributed by atoms with E-state index < -0.39 is 11.8 Å². The summed E-state index contributed by atoms with van der Waals surface area (Å²) in [5.74, 6) is -1.68. The second-order valence-corrected chi connectivity index (χ2v) is 8.22. The molecule has 33 heavy (non-hydrogen) atoms. The smallest absolute Gasteiger partial charge is 0.307 e. The van der Waals surface area contributed by atoms with Crippen molar-refractivity contribution < 1.29 is 19.1 Å². The molecule has 7 heteroatoms. The van der Waals surface area contributed by atoms with Crippen LogP contribution in [0.25, 0.3) is 11.3 Å². The molecule has 4 rings (SSSR count). The Morgan fingerprint density at radius 2 is 1.79 bits per heavy atom. The number of amides is 1. The number of benzene rings is 3. The van der Waals surface area contributed by atoms with Crippen molar-refractivity contribution in [3.05, 3.63) is 94.8 Å². The first-order valence-corrected chi connectivity index (χ1v) is 10.5. The lowest BCUT2D eigenvalue weighted by Crippen LogP contribution is -2.12. The minimum Gasteiger partial charge on any atom is -0.481 e. The molecule has 3 aromatic carbocycles. The van der Waals surface area contributed by atoms with Crippen LogP contribution in [0, 0.1) is 5.82 Å². The van der Waals surface area contributed by atoms with Gasteiger partial charge in [0, 0.05) is 17.8 Å². The molecule has 0 spiro atoms. The highest BCUT2D eigenvalue weighted by Gasteiger charge is 2.29. The number of anilines is 2. The number of carbonyl (C=O) groups is 2. The maximum absolute atomic E-state index is 13.7. The first-order valence-electron chi connectivity index (χ1n) is 10.5. The molecule has 0 saturated carbocycles. The van der Waals surface area contributed by atoms with Crippen molar-refractivity contribution in [3.63, 3.8) is 0 Å². The van der Waals surface area contributed by atoms with Crippen LogP contribution < -0.4 is 10.6 Å². The largest absolute Gasteiger partial charge is 0.481 e. The lowest BCUT2D eigenvalue weighted by atomic mass is 9.98. The van der Waals surface area contributed by atoms with E-state index in [2.05, 4.69) is 15.5 Å². The number of hydrogen-bond donors (Lipinski definition) is 3. The highest BCUT2D eigenvalue weighted by Crippen LogP contribution is 2.38. The summed E-state index contributed by atoms with van der Waals surface area (Å²) < 4.78 is 13.7. The highest BCUT2D eigenvalue weighted by molar-refractivity contribution is 6.37. The molecular weight excluding hydrogens is 421 g/mol. The fourth-order valence-electron chi connectivity index (χ4n) is 3.89. The van der Waals surface area contributed by atoms with Crippen LogP contribution in [-0.2, 0) is 22.6 Å². The van der Waals surface area contributed by atoms with Crippen LogP contribution in [0.3, 0.4) is 0 Å². The molecule has 1 amide bonds. The minimum atomic E-state index is -0.914. The molecule has 0 unspecified atom stereocenters. The number of carbonyl (C=O) groups excluding carboxylic acids is 1. The van der Waals surface area contributed by atoms with Gasteiger partial charge in [-0.3, -0.25) is 9.59 Å². The molecule has 0 aromatic heterocycles. The fraction of sp³-hybridized carbons (Fsp3) is 0.154. The maximum atomic E-state index is 13.7. The molecule has 0 bridgehead atoms. The first-order chi connectivity index (χ1) is 15.8. The molecule has 1 aliphatic rings. The second-order valence-electron chi connectivity index (χ2n) is 8.22. The topological polar surface area (TPSA) is 81.7 Å². The number of aliphatic carboxylic acids is 1. The summed E-state index contributed by atoms with van der Waals surface area (Å²) in [5, 5.41) is 15.2. The molecule has 3 aromatic rings. The summed E-state index contributed by atoms with van der Waals surface area (Å²) in [6, 6.07) is 19.1. The Morgan fingerprint density at radius 1 is 1.03 bits per heavy atom. The summed E-state index contributed by atoms with van der Waals surface area (Å²) in [7, 11) is 3.98. The number of fused-ring (bicyclic) bond motifs is 1. The number of carboxylic acids is 1. The van der Waals surface area contributed by atoms with E-state index >= 15 is 0 Å². The van der Waals surface area contributed by atoms with Gasteiger partial charge < -0.3 is 20.6 Å². The Labute approximate surface area is 191 Å². The van der Waals surface area contributed by atoms with Crippen molar-refractivity contribution in [3.8, 4) is 0 Å². The number of halogens is 1. The summed E-state index contributed by atoms with van der Waals surface area (Å²) in [6.07, 6.45) is -0.0885. The first kappa shape index (κ1) is 22.2. The van der Waals surface area contributed by atoms with Crippen LogP contribution >= 0.6 is 0 Å². The predicted octanol–water partition coefficient (Wildman–Crippen LogP) is 4.45. The number of nitrogens with one attached hydrogen (secondary N) is 2. The van der Waals surface area contributed by atoms with Gasteiger partial charge in [0.25, 0.3) is 5.91 Å². The van der Waals surface area contributed by atoms with Crippen LogP contribution in [-0.4, -0.2) is 36.0 Å². The Morgan fingerprint density at radius 3 is 2.48 bits per heavy atom. The van der Waals surface area contributed by atoms with Gasteiger partial charge in [-0.25, -0.2) is 4.39 Å². The minimum absolute atomic E-state index is 0.0885. The second kappa shape index (κ2) is 9.26. The van der Waals surface area contributed by atoms with E-state index in [9.17, 15) is 14.0 Å². The molecule has 0 aliphatic carbocycles. The van der Waals surface area contributed by atoms with Crippen LogP contribution in [0.15, 0.2) is 66.7 Å². The molecule has 0 fully saturated rings. The van der Waals surface area contributed by atoms with Crippen molar-refractivity contribution in [2.45, 2.75) is 13.0 Å². The van der Waals surface area contributed by atoms with E-state index in [0.29, 0.717) is 33.6 Å². The normalized spacial score (nSPS) is 14.1. The quantitative estimate of drug-likeness (QED) is 0.468. The van der Waals surface area contributed by atoms with Crippen molar-refractivity contribution >= 4 is 34.5 Å². The van der Waals surface area contributed by atoms with Gasteiger partial charge in [-0.05, 0) is 61.1 Å². The fourth-order valence-corrected chi connectivity index (χ4v) is 3.89. The van der Waals surface area contributed by atoms with Gasteiger partial charge >= 0.3 is 5.97 Å². The zero-order valence-electron chi connectivity index (χ0n) is 18.4. The van der Waals surface area contributed by atoms with Crippen LogP contribution in [0.1, 0.15) is 22.3 Å². The number of nitrogens with zero attached hydrogens (tertiary/aromatic N) is 1. The van der Waals surface area contributed by atoms with E-state index in [1.54, 1.807) is 30.3 Å². The Balaban J connectivity index is 1.81. The van der Waals surface area contributed by atoms with Gasteiger partial charge in [0.15, 0.2) is 0 Å². The van der Waals surface area contributed by atoms with Crippen LogP contribution in [0.4, 0.5) is 15.8 Å². The third-order valence-electron chi connectivity index (χ3n) is 5.27. The number of rotatable bonds is 7. The van der Waals surface area contributed by atoms with Crippen molar-refractivity contribution in [1.29, 1.82) is 0 Å². The average Bonchev–Trinajstić information content (AvgIpc) is 3.06. The molecule has 3 N–H and O–H groups in total. The van der Waals surface area contributed by atoms with Gasteiger partial charge in [0.1, 0.15) is 5.82 Å². The monoisotopic (exact) mass is 445 g/mol. The standard InChI is InChI=1S/C26H24FN3O3/c1-30(2)15-17-4-3-5-20(12-17)28-25(18-8-6-16(7-9-18)13-23(31)32)24-21-11-10-19(27)14-22(21)29-26(24)33/h3-12,14,28H,13,15H2,1-2H3,(H,29,33)(H,31,32)/b25-24-. The lowest BCUT2D eigenvalue weighted by molar-refractivity contribution is -0.136. The van der Waals surface area contributed by atoms with Gasteiger partial charge in [-0.2, -0.15) is 0 Å². The zero-order valence-corrected chi connectivity index (χ0v) is 18.4. The summed E-state index contributed by atoms with van der Waals surface area (Å²) >= 11 is 0. The Kier molecular flexibility index (Phi) is 6.24. The molecule has 6 nitrogen and oxygen atoms in total. The van der Waals surface area contributed by atoms with Crippen LogP contribution in [0.5, 0.6) is 0 Å². The molecule has 0 radical (unpaired) electrons. The molecular formula is C26H24FN3O3. The molecule has 168 valence electrons. The van der Waals surface area contributed by atoms with Gasteiger partial charge in [0.2, 0.25) is 0 Å². The summed E-state index contributed by atoms with van der Waals surface area (Å²) in [6.45, 7) is 0.758. The number of carboxylic acid groups (broad SMARTS) is 1. The number of hydrogen-bond acceptors (Lipinski definition) is 4. The van der Waals surface area contributed by atoms with E-state index in [4.69, 9.17) is 5.11 Å². The van der Waals surface area contributed by atoms with Crippen molar-refractivity contribution in [1.82, 2.24) is 4.90 Å². The van der Waals surface area contributed by atoms with E-state index in [0.717, 1.165) is 17.8 Å². The summed E-state index contributed by atoms with van der Waals surface area (Å²) in [4.78, 5) is 26.1. The highest BCUT2D eigenvalue weighted by atomic mass is 19.1. The maximum Gasteiger partial charge on any atom is 0.307 e. The molecule has 1 aliphatic heterocycles. The van der Waals surface area contributed by atoms with Crippen LogP contribution in [0.2, 0.25) is 0 Å². The Bertz CT molecular complexity index is 1250. The van der Waals surface area contributed by atoms with Crippen molar-refractivity contribution in [2.75, 3.05) is 24.7 Å². The predicted molar refractivity (Wildman–Crippen MR) is 127 cm³/mol. The third kappa shape index (κ3) is 5.10. The van der Waals surface area contributed by atoms with Gasteiger partial charge in [-0.1, -0.05) is 36.4 Å². The van der Waals surface area contributed by atoms with Crippen molar-refractivity contribution in [2.24, 2.45) is 0 Å². The Hall–Kier alpha value is -3.97. The van der Waals surface area contributed by atoms with E-state index in [1.165, 1.54) is 12.1 Å². The van der Waals surface area contributed by atoms with Gasteiger partial charge in [-0.15, -0.1) is 0 Å². The molecule has 0 atom stereocenters. The molecule has 0 saturated heterocycles. The van der Waals surface area contributed by atoms with E-state index in [1.807, 2.05) is 38.4 Å². The molecule has 1 heterocycles. The SMILES string of the molecule is CN(C)Cc1cccc(N/C(=C2\C(=O)Nc3cc(F)ccc32)c2ccc(CC(=O)O)cc2)c1. The zero-order chi connectivity index (χ0) is 23.5. The third-order valence-corrected chi connectivity index (χ3v) is 5.27. The summed E-state index contributed by atoms with van der Waals surface area (Å²) in [5.41, 5.74) is 5.24. The average molecular weight is 445 g/mol.